The molecule has 0 radical (unpaired) electrons. The van der Waals surface area contributed by atoms with Gasteiger partial charge in [-0.1, -0.05) is 188 Å². The van der Waals surface area contributed by atoms with Crippen LogP contribution in [0.1, 0.15) is 28.7 Å². The van der Waals surface area contributed by atoms with E-state index in [0.717, 1.165) is 12.1 Å². The summed E-state index contributed by atoms with van der Waals surface area (Å²) in [6.45, 7) is 0. The average Bonchev–Trinajstić information content (AvgIpc) is 3.94. The Morgan fingerprint density at radius 3 is 1.75 bits per heavy atom. The summed E-state index contributed by atoms with van der Waals surface area (Å²) in [5.74, 6) is 0. The molecule has 0 fully saturated rings. The van der Waals surface area contributed by atoms with E-state index in [-0.39, 0.29) is 11.5 Å². The summed E-state index contributed by atoms with van der Waals surface area (Å²) in [4.78, 5) is 2.63. The minimum absolute atomic E-state index is 0.0341. The molecule has 1 heterocycles. The first-order valence-corrected chi connectivity index (χ1v) is 21.5. The number of hydrogen-bond donors (Lipinski definition) is 0. The van der Waals surface area contributed by atoms with Gasteiger partial charge in [0, 0.05) is 33.2 Å². The van der Waals surface area contributed by atoms with Gasteiger partial charge in [-0.05, 0) is 104 Å². The molecular weight excluding hydrogens is 737 g/mol. The maximum Gasteiger partial charge on any atom is 0.0722 e. The normalized spacial score (nSPS) is 15.6. The highest BCUT2D eigenvalue weighted by atomic mass is 15.2. The molecule has 0 saturated carbocycles. The second-order valence-corrected chi connectivity index (χ2v) is 16.7. The molecule has 3 aliphatic rings. The molecule has 286 valence electrons. The number of para-hydroxylation sites is 2. The van der Waals surface area contributed by atoms with E-state index in [1.54, 1.807) is 0 Å². The molecule has 0 saturated heterocycles. The fraction of sp³-hybridized carbons (Fsp3) is 0.0508. The number of fused-ring (bicyclic) bond motifs is 14. The number of aromatic nitrogens is 1. The van der Waals surface area contributed by atoms with Gasteiger partial charge in [0.25, 0.3) is 0 Å². The molecule has 2 heteroatoms. The summed E-state index contributed by atoms with van der Waals surface area (Å²) in [6, 6.07) is 78.7. The molecule has 61 heavy (non-hydrogen) atoms. The second kappa shape index (κ2) is 13.2. The zero-order valence-corrected chi connectivity index (χ0v) is 33.5. The van der Waals surface area contributed by atoms with Gasteiger partial charge in [-0.2, -0.15) is 0 Å². The standard InChI is InChI=1S/C59H40N2/c1-3-17-39(18-4-1)43-34-36-57(48-25-8-7-21-44(43)48)60(42-31-33-50-49-26-12-16-30-56(49)61(58(50)38-42)40-19-5-2-6-20-40)41-32-35-55-51(37-41)47-24-11-15-29-54(47)59(55)52-27-13-9-22-45(52)46-23-10-14-28-53(46)59/h1-31,33-38,41H,32H2. The van der Waals surface area contributed by atoms with Gasteiger partial charge in [0.15, 0.2) is 0 Å². The fourth-order valence-electron chi connectivity index (χ4n) is 11.3. The molecule has 1 unspecified atom stereocenters. The molecule has 13 rings (SSSR count). The second-order valence-electron chi connectivity index (χ2n) is 16.7. The lowest BCUT2D eigenvalue weighted by atomic mass is 9.69. The van der Waals surface area contributed by atoms with Crippen LogP contribution in [-0.4, -0.2) is 10.6 Å². The van der Waals surface area contributed by atoms with Crippen molar-refractivity contribution in [3.05, 3.63) is 252 Å². The summed E-state index contributed by atoms with van der Waals surface area (Å²) in [6.07, 6.45) is 6.04. The molecule has 1 aromatic heterocycles. The van der Waals surface area contributed by atoms with Crippen molar-refractivity contribution in [1.82, 2.24) is 4.57 Å². The zero-order chi connectivity index (χ0) is 40.1. The lowest BCUT2D eigenvalue weighted by molar-refractivity contribution is 0.746. The van der Waals surface area contributed by atoms with Crippen LogP contribution in [0.25, 0.3) is 66.1 Å². The summed E-state index contributed by atoms with van der Waals surface area (Å²) < 4.78 is 2.44. The first kappa shape index (κ1) is 34.2. The van der Waals surface area contributed by atoms with Gasteiger partial charge in [0.05, 0.1) is 22.5 Å². The minimum Gasteiger partial charge on any atom is -0.334 e. The Morgan fingerprint density at radius 1 is 0.443 bits per heavy atom. The Hall–Kier alpha value is -7.68. The highest BCUT2D eigenvalue weighted by molar-refractivity contribution is 6.11. The van der Waals surface area contributed by atoms with Crippen molar-refractivity contribution in [2.45, 2.75) is 17.9 Å². The Kier molecular flexibility index (Phi) is 7.38. The highest BCUT2D eigenvalue weighted by Gasteiger charge is 2.54. The zero-order valence-electron chi connectivity index (χ0n) is 33.5. The van der Waals surface area contributed by atoms with Crippen molar-refractivity contribution in [3.8, 4) is 27.9 Å². The van der Waals surface area contributed by atoms with Gasteiger partial charge in [-0.25, -0.2) is 0 Å². The molecule has 0 bridgehead atoms. The lowest BCUT2D eigenvalue weighted by Gasteiger charge is -2.37. The van der Waals surface area contributed by atoms with Gasteiger partial charge < -0.3 is 9.47 Å². The number of hydrogen-bond acceptors (Lipinski definition) is 1. The van der Waals surface area contributed by atoms with Crippen molar-refractivity contribution in [2.75, 3.05) is 4.90 Å². The van der Waals surface area contributed by atoms with Crippen molar-refractivity contribution in [2.24, 2.45) is 0 Å². The van der Waals surface area contributed by atoms with Crippen LogP contribution in [0, 0.1) is 0 Å². The van der Waals surface area contributed by atoms with Crippen molar-refractivity contribution >= 4 is 49.5 Å². The smallest absolute Gasteiger partial charge is 0.0722 e. The fourth-order valence-corrected chi connectivity index (χ4v) is 11.3. The van der Waals surface area contributed by atoms with E-state index >= 15 is 0 Å². The van der Waals surface area contributed by atoms with Crippen LogP contribution in [0.2, 0.25) is 0 Å². The van der Waals surface area contributed by atoms with E-state index in [1.807, 2.05) is 0 Å². The van der Waals surface area contributed by atoms with Crippen LogP contribution in [0.15, 0.2) is 230 Å². The van der Waals surface area contributed by atoms with Crippen LogP contribution < -0.4 is 4.90 Å². The maximum atomic E-state index is 2.63. The molecule has 1 atom stereocenters. The molecule has 0 aliphatic heterocycles. The lowest BCUT2D eigenvalue weighted by Crippen LogP contribution is -2.33. The molecule has 0 amide bonds. The molecule has 10 aromatic rings. The monoisotopic (exact) mass is 776 g/mol. The number of benzene rings is 9. The first-order chi connectivity index (χ1) is 30.3. The van der Waals surface area contributed by atoms with Gasteiger partial charge in [-0.3, -0.25) is 0 Å². The first-order valence-electron chi connectivity index (χ1n) is 21.5. The molecule has 2 nitrogen and oxygen atoms in total. The highest BCUT2D eigenvalue weighted by Crippen LogP contribution is 2.64. The predicted octanol–water partition coefficient (Wildman–Crippen LogP) is 14.9. The van der Waals surface area contributed by atoms with Crippen molar-refractivity contribution in [1.29, 1.82) is 0 Å². The quantitative estimate of drug-likeness (QED) is 0.169. The summed E-state index contributed by atoms with van der Waals surface area (Å²) >= 11 is 0. The number of nitrogens with zero attached hydrogens (tertiary/aromatic N) is 2. The summed E-state index contributed by atoms with van der Waals surface area (Å²) in [7, 11) is 0. The third-order valence-corrected chi connectivity index (χ3v) is 13.7. The van der Waals surface area contributed by atoms with E-state index < -0.39 is 0 Å². The topological polar surface area (TPSA) is 8.17 Å². The number of anilines is 2. The third-order valence-electron chi connectivity index (χ3n) is 13.7. The summed E-state index contributed by atoms with van der Waals surface area (Å²) in [5.41, 5.74) is 19.0. The summed E-state index contributed by atoms with van der Waals surface area (Å²) in [5, 5.41) is 5.00. The van der Waals surface area contributed by atoms with Crippen molar-refractivity contribution in [3.63, 3.8) is 0 Å². The maximum absolute atomic E-state index is 2.63. The van der Waals surface area contributed by atoms with Gasteiger partial charge in [0.1, 0.15) is 0 Å². The van der Waals surface area contributed by atoms with E-state index in [2.05, 4.69) is 234 Å². The Morgan fingerprint density at radius 2 is 1.02 bits per heavy atom. The van der Waals surface area contributed by atoms with Crippen LogP contribution in [-0.2, 0) is 5.41 Å². The predicted molar refractivity (Wildman–Crippen MR) is 255 cm³/mol. The van der Waals surface area contributed by atoms with Crippen LogP contribution in [0.4, 0.5) is 11.4 Å². The molecule has 0 N–H and O–H groups in total. The molecule has 1 spiro atoms. The Balaban J connectivity index is 1.06. The van der Waals surface area contributed by atoms with Crippen LogP contribution >= 0.6 is 0 Å². The van der Waals surface area contributed by atoms with E-state index in [4.69, 9.17) is 0 Å². The van der Waals surface area contributed by atoms with Gasteiger partial charge >= 0.3 is 0 Å². The van der Waals surface area contributed by atoms with Gasteiger partial charge in [0.2, 0.25) is 0 Å². The van der Waals surface area contributed by atoms with E-state index in [9.17, 15) is 0 Å². The molecule has 3 aliphatic carbocycles. The minimum atomic E-state index is -0.356. The average molecular weight is 777 g/mol. The molecule has 9 aromatic carbocycles. The van der Waals surface area contributed by atoms with Crippen LogP contribution in [0.5, 0.6) is 0 Å². The number of rotatable bonds is 5. The number of allylic oxidation sites excluding steroid dienone is 2. The van der Waals surface area contributed by atoms with Crippen LogP contribution in [0.3, 0.4) is 0 Å². The molecular formula is C59H40N2. The Labute approximate surface area is 355 Å². The van der Waals surface area contributed by atoms with E-state index in [0.29, 0.717) is 0 Å². The Bertz CT molecular complexity index is 3410. The SMILES string of the molecule is C1=C2C(=CCC1N(c1ccc3c4ccccc4n(-c4ccccc4)c3c1)c1ccc(-c3ccccc3)c3ccccc13)C1(c3ccccc32)c2ccccc2-c2ccccc21. The largest absolute Gasteiger partial charge is 0.334 e. The third kappa shape index (κ3) is 4.79. The van der Waals surface area contributed by atoms with Crippen molar-refractivity contribution < 1.29 is 0 Å². The van der Waals surface area contributed by atoms with E-state index in [1.165, 1.54) is 99.6 Å². The van der Waals surface area contributed by atoms with Gasteiger partial charge in [-0.15, -0.1) is 0 Å².